The van der Waals surface area contributed by atoms with Gasteiger partial charge in [0.05, 0.1) is 22.2 Å². The van der Waals surface area contributed by atoms with Crippen molar-refractivity contribution in [3.05, 3.63) is 97.0 Å². The third kappa shape index (κ3) is 5.63. The molecule has 188 valence electrons. The van der Waals surface area contributed by atoms with Crippen LogP contribution in [0.5, 0.6) is 11.5 Å². The summed E-state index contributed by atoms with van der Waals surface area (Å²) in [6, 6.07) is 14.3. The maximum atomic E-state index is 13.1. The van der Waals surface area contributed by atoms with Crippen molar-refractivity contribution in [3.8, 4) is 11.5 Å². The van der Waals surface area contributed by atoms with Crippen molar-refractivity contribution in [2.24, 2.45) is 0 Å². The number of hydrogen-bond acceptors (Lipinski definition) is 7. The highest BCUT2D eigenvalue weighted by Crippen LogP contribution is 2.38. The van der Waals surface area contributed by atoms with Crippen LogP contribution in [0.15, 0.2) is 70.7 Å². The number of carbonyl (C=O) groups is 3. The quantitative estimate of drug-likeness (QED) is 0.173. The third-order valence-electron chi connectivity index (χ3n) is 5.28. The van der Waals surface area contributed by atoms with Crippen molar-refractivity contribution in [1.29, 1.82) is 0 Å². The Morgan fingerprint density at radius 1 is 1.08 bits per heavy atom. The SMILES string of the molecule is COc1cc(/C=C2\C(=O)NC(=O)N(c3ccc(Cl)cc3)C2=O)cc(Br)c1OCc1ccc([N+](=O)[O-])cc1. The van der Waals surface area contributed by atoms with Crippen LogP contribution in [0.2, 0.25) is 5.02 Å². The Morgan fingerprint density at radius 3 is 2.38 bits per heavy atom. The highest BCUT2D eigenvalue weighted by molar-refractivity contribution is 9.10. The molecule has 0 spiro atoms. The smallest absolute Gasteiger partial charge is 0.335 e. The molecule has 3 aromatic carbocycles. The molecular weight excluding hydrogens is 570 g/mol. The standard InChI is InChI=1S/C25H17BrClN3O7/c1-36-21-12-15(11-20(26)22(21)37-13-14-2-6-18(7-3-14)30(34)35)10-19-23(31)28-25(33)29(24(19)32)17-8-4-16(27)5-9-17/h2-12H,13H2,1H3,(H,28,31,33)/b19-10+. The third-order valence-corrected chi connectivity index (χ3v) is 6.12. The van der Waals surface area contributed by atoms with Gasteiger partial charge in [0.15, 0.2) is 11.5 Å². The fourth-order valence-corrected chi connectivity index (χ4v) is 4.18. The van der Waals surface area contributed by atoms with Gasteiger partial charge in [0.1, 0.15) is 12.2 Å². The first-order chi connectivity index (χ1) is 17.7. The number of urea groups is 1. The molecule has 4 rings (SSSR count). The Kier molecular flexibility index (Phi) is 7.55. The maximum absolute atomic E-state index is 13.1. The Hall–Kier alpha value is -4.22. The number of halogens is 2. The molecular formula is C25H17BrClN3O7. The first kappa shape index (κ1) is 25.9. The Bertz CT molecular complexity index is 1440. The van der Waals surface area contributed by atoms with Crippen LogP contribution in [-0.2, 0) is 16.2 Å². The average Bonchev–Trinajstić information content (AvgIpc) is 2.87. The van der Waals surface area contributed by atoms with E-state index in [9.17, 15) is 24.5 Å². The number of barbiturate groups is 1. The van der Waals surface area contributed by atoms with E-state index < -0.39 is 22.8 Å². The number of ether oxygens (including phenoxy) is 2. The molecule has 1 N–H and O–H groups in total. The molecule has 1 aliphatic heterocycles. The number of nitro groups is 1. The van der Waals surface area contributed by atoms with Crippen LogP contribution in [0, 0.1) is 10.1 Å². The Labute approximate surface area is 223 Å². The summed E-state index contributed by atoms with van der Waals surface area (Å²) in [5.74, 6) is -0.990. The molecule has 0 aromatic heterocycles. The first-order valence-corrected chi connectivity index (χ1v) is 11.8. The molecule has 3 aromatic rings. The van der Waals surface area contributed by atoms with Crippen LogP contribution in [0.25, 0.3) is 6.08 Å². The van der Waals surface area contributed by atoms with Crippen molar-refractivity contribution in [2.75, 3.05) is 12.0 Å². The van der Waals surface area contributed by atoms with E-state index in [0.717, 1.165) is 4.90 Å². The number of rotatable bonds is 7. The van der Waals surface area contributed by atoms with Crippen molar-refractivity contribution < 1.29 is 28.8 Å². The number of nitro benzene ring substituents is 1. The van der Waals surface area contributed by atoms with E-state index in [-0.39, 0.29) is 23.6 Å². The van der Waals surface area contributed by atoms with Gasteiger partial charge in [-0.1, -0.05) is 11.6 Å². The molecule has 37 heavy (non-hydrogen) atoms. The van der Waals surface area contributed by atoms with Crippen LogP contribution >= 0.6 is 27.5 Å². The van der Waals surface area contributed by atoms with Gasteiger partial charge in [0.25, 0.3) is 17.5 Å². The minimum Gasteiger partial charge on any atom is -0.493 e. The summed E-state index contributed by atoms with van der Waals surface area (Å²) in [6.45, 7) is 0.104. The van der Waals surface area contributed by atoms with E-state index in [2.05, 4.69) is 21.2 Å². The lowest BCUT2D eigenvalue weighted by Crippen LogP contribution is -2.54. The second-order valence-corrected chi connectivity index (χ2v) is 8.97. The molecule has 1 saturated heterocycles. The number of methoxy groups -OCH3 is 1. The van der Waals surface area contributed by atoms with Crippen LogP contribution < -0.4 is 19.7 Å². The Balaban J connectivity index is 1.60. The van der Waals surface area contributed by atoms with Gasteiger partial charge < -0.3 is 9.47 Å². The maximum Gasteiger partial charge on any atom is 0.335 e. The summed E-state index contributed by atoms with van der Waals surface area (Å²) in [5.41, 5.74) is 1.08. The molecule has 0 atom stereocenters. The highest BCUT2D eigenvalue weighted by Gasteiger charge is 2.36. The lowest BCUT2D eigenvalue weighted by Gasteiger charge is -2.26. The van der Waals surface area contributed by atoms with Gasteiger partial charge in [-0.15, -0.1) is 0 Å². The predicted molar refractivity (Wildman–Crippen MR) is 139 cm³/mol. The highest BCUT2D eigenvalue weighted by atomic mass is 79.9. The molecule has 1 fully saturated rings. The van der Waals surface area contributed by atoms with E-state index in [0.29, 0.717) is 32.1 Å². The van der Waals surface area contributed by atoms with Crippen LogP contribution in [0.4, 0.5) is 16.2 Å². The lowest BCUT2D eigenvalue weighted by molar-refractivity contribution is -0.384. The fraction of sp³-hybridized carbons (Fsp3) is 0.0800. The molecule has 1 aliphatic rings. The van der Waals surface area contributed by atoms with E-state index in [4.69, 9.17) is 21.1 Å². The molecule has 0 aliphatic carbocycles. The number of hydrogen-bond donors (Lipinski definition) is 1. The van der Waals surface area contributed by atoms with E-state index >= 15 is 0 Å². The minimum atomic E-state index is -0.872. The van der Waals surface area contributed by atoms with Gasteiger partial charge in [-0.25, -0.2) is 9.69 Å². The number of nitrogens with one attached hydrogen (secondary N) is 1. The normalized spacial score (nSPS) is 14.5. The topological polar surface area (TPSA) is 128 Å². The molecule has 0 unspecified atom stereocenters. The van der Waals surface area contributed by atoms with Gasteiger partial charge in [0.2, 0.25) is 0 Å². The summed E-state index contributed by atoms with van der Waals surface area (Å²) in [5, 5.41) is 13.4. The molecule has 1 heterocycles. The first-order valence-electron chi connectivity index (χ1n) is 10.6. The fourth-order valence-electron chi connectivity index (χ4n) is 3.48. The molecule has 10 nitrogen and oxygen atoms in total. The average molecular weight is 587 g/mol. The summed E-state index contributed by atoms with van der Waals surface area (Å²) >= 11 is 9.31. The molecule has 0 radical (unpaired) electrons. The molecule has 12 heteroatoms. The second-order valence-electron chi connectivity index (χ2n) is 7.68. The summed E-state index contributed by atoms with van der Waals surface area (Å²) < 4.78 is 11.8. The van der Waals surface area contributed by atoms with Crippen molar-refractivity contribution in [2.45, 2.75) is 6.61 Å². The monoisotopic (exact) mass is 585 g/mol. The molecule has 4 amide bonds. The zero-order valence-corrected chi connectivity index (χ0v) is 21.4. The van der Waals surface area contributed by atoms with Gasteiger partial charge in [-0.05, 0) is 81.7 Å². The van der Waals surface area contributed by atoms with Crippen molar-refractivity contribution >= 4 is 62.8 Å². The predicted octanol–water partition coefficient (Wildman–Crippen LogP) is 5.26. The van der Waals surface area contributed by atoms with Gasteiger partial charge in [0, 0.05) is 17.2 Å². The molecule has 0 bridgehead atoms. The minimum absolute atomic E-state index is 0.0301. The molecule has 0 saturated carbocycles. The van der Waals surface area contributed by atoms with Crippen molar-refractivity contribution in [1.82, 2.24) is 5.32 Å². The Morgan fingerprint density at radius 2 is 1.76 bits per heavy atom. The number of benzene rings is 3. The second kappa shape index (κ2) is 10.8. The summed E-state index contributed by atoms with van der Waals surface area (Å²) in [7, 11) is 1.43. The number of nitrogens with zero attached hydrogens (tertiary/aromatic N) is 2. The van der Waals surface area contributed by atoms with E-state index in [1.165, 1.54) is 49.6 Å². The van der Waals surface area contributed by atoms with E-state index in [1.807, 2.05) is 0 Å². The number of carbonyl (C=O) groups excluding carboxylic acids is 3. The van der Waals surface area contributed by atoms with Crippen molar-refractivity contribution in [3.63, 3.8) is 0 Å². The van der Waals surface area contributed by atoms with Gasteiger partial charge in [-0.3, -0.25) is 25.0 Å². The van der Waals surface area contributed by atoms with Crippen LogP contribution in [-0.4, -0.2) is 29.9 Å². The number of anilines is 1. The zero-order chi connectivity index (χ0) is 26.7. The lowest BCUT2D eigenvalue weighted by atomic mass is 10.1. The number of non-ortho nitro benzene ring substituents is 1. The van der Waals surface area contributed by atoms with Gasteiger partial charge in [-0.2, -0.15) is 0 Å². The van der Waals surface area contributed by atoms with Crippen LogP contribution in [0.1, 0.15) is 11.1 Å². The van der Waals surface area contributed by atoms with E-state index in [1.54, 1.807) is 24.3 Å². The largest absolute Gasteiger partial charge is 0.493 e. The van der Waals surface area contributed by atoms with Crippen LogP contribution in [0.3, 0.4) is 0 Å². The summed E-state index contributed by atoms with van der Waals surface area (Å²) in [4.78, 5) is 49.2. The summed E-state index contributed by atoms with van der Waals surface area (Å²) in [6.07, 6.45) is 1.33. The number of imide groups is 2. The zero-order valence-electron chi connectivity index (χ0n) is 19.1. The van der Waals surface area contributed by atoms with Gasteiger partial charge >= 0.3 is 6.03 Å². The number of amides is 4.